The van der Waals surface area contributed by atoms with Crippen molar-refractivity contribution >= 4 is 28.5 Å². The lowest BCUT2D eigenvalue weighted by atomic mass is 9.72. The third-order valence-electron chi connectivity index (χ3n) is 6.33. The van der Waals surface area contributed by atoms with E-state index in [0.717, 1.165) is 62.4 Å². The lowest BCUT2D eigenvalue weighted by Crippen LogP contribution is -2.29. The van der Waals surface area contributed by atoms with Crippen LogP contribution >= 0.6 is 11.3 Å². The molecule has 0 amide bonds. The summed E-state index contributed by atoms with van der Waals surface area (Å²) in [6.07, 6.45) is 7.65. The summed E-state index contributed by atoms with van der Waals surface area (Å²) in [6, 6.07) is 1.83. The van der Waals surface area contributed by atoms with Crippen molar-refractivity contribution < 1.29 is 4.52 Å². The minimum absolute atomic E-state index is 0.407. The molecule has 1 aliphatic heterocycles. The Morgan fingerprint density at radius 2 is 2.19 bits per heavy atom. The molecule has 32 heavy (non-hydrogen) atoms. The number of aryl methyl sites for hydroxylation is 1. The maximum absolute atomic E-state index is 6.34. The zero-order valence-electron chi connectivity index (χ0n) is 18.5. The van der Waals surface area contributed by atoms with E-state index in [9.17, 15) is 0 Å². The average molecular weight is 453 g/mol. The van der Waals surface area contributed by atoms with Crippen molar-refractivity contribution in [3.63, 3.8) is 0 Å². The summed E-state index contributed by atoms with van der Waals surface area (Å²) in [6.45, 7) is 5.91. The lowest BCUT2D eigenvalue weighted by Gasteiger charge is -2.31. The van der Waals surface area contributed by atoms with Crippen molar-refractivity contribution in [2.45, 2.75) is 38.0 Å². The molecule has 0 unspecified atom stereocenters. The van der Waals surface area contributed by atoms with Gasteiger partial charge in [-0.15, -0.1) is 11.3 Å². The van der Waals surface area contributed by atoms with Crippen LogP contribution in [0.15, 0.2) is 21.8 Å². The van der Waals surface area contributed by atoms with Crippen LogP contribution in [0.3, 0.4) is 0 Å². The van der Waals surface area contributed by atoms with E-state index < -0.39 is 5.41 Å². The van der Waals surface area contributed by atoms with Crippen LogP contribution in [0.25, 0.3) is 11.5 Å². The van der Waals surface area contributed by atoms with E-state index in [4.69, 9.17) is 20.2 Å². The molecule has 10 heteroatoms. The minimum atomic E-state index is -0.407. The average Bonchev–Trinajstić information content (AvgIpc) is 3.31. The molecule has 5 rings (SSSR count). The van der Waals surface area contributed by atoms with Crippen LogP contribution in [-0.2, 0) is 11.8 Å². The van der Waals surface area contributed by atoms with E-state index >= 15 is 0 Å². The number of hydrogen-bond donors (Lipinski definition) is 2. The Morgan fingerprint density at radius 1 is 1.28 bits per heavy atom. The van der Waals surface area contributed by atoms with E-state index in [1.54, 1.807) is 24.6 Å². The van der Waals surface area contributed by atoms with E-state index in [2.05, 4.69) is 32.3 Å². The van der Waals surface area contributed by atoms with Gasteiger partial charge in [0.2, 0.25) is 17.7 Å². The van der Waals surface area contributed by atoms with E-state index in [-0.39, 0.29) is 0 Å². The Morgan fingerprint density at radius 3 is 3.06 bits per heavy atom. The van der Waals surface area contributed by atoms with Gasteiger partial charge in [0.25, 0.3) is 0 Å². The van der Waals surface area contributed by atoms with Gasteiger partial charge in [-0.1, -0.05) is 5.16 Å². The summed E-state index contributed by atoms with van der Waals surface area (Å²) in [4.78, 5) is 21.7. The normalized spacial score (nSPS) is 21.6. The molecular weight excluding hydrogens is 424 g/mol. The fraction of sp³-hybridized carbons (Fsp3) is 0.500. The maximum atomic E-state index is 6.34. The molecule has 1 fully saturated rings. The van der Waals surface area contributed by atoms with Crippen LogP contribution in [-0.4, -0.2) is 59.5 Å². The fourth-order valence-electron chi connectivity index (χ4n) is 4.71. The Balaban J connectivity index is 1.50. The number of nitrogen functional groups attached to an aromatic ring is 1. The number of fused-ring (bicyclic) bond motifs is 1. The summed E-state index contributed by atoms with van der Waals surface area (Å²) >= 11 is 1.64. The van der Waals surface area contributed by atoms with E-state index in [0.29, 0.717) is 23.4 Å². The van der Waals surface area contributed by atoms with Gasteiger partial charge in [-0.05, 0) is 50.8 Å². The number of thiophene rings is 1. The summed E-state index contributed by atoms with van der Waals surface area (Å²) in [5.74, 6) is 1.78. The molecule has 0 bridgehead atoms. The monoisotopic (exact) mass is 452 g/mol. The summed E-state index contributed by atoms with van der Waals surface area (Å²) < 4.78 is 5.84. The fourth-order valence-corrected chi connectivity index (χ4v) is 5.93. The molecule has 3 aromatic rings. The first-order valence-corrected chi connectivity index (χ1v) is 11.9. The number of nitrogens with two attached hydrogens (primary N) is 1. The number of aromatic nitrogens is 4. The van der Waals surface area contributed by atoms with Crippen LogP contribution in [0.4, 0.5) is 10.9 Å². The Hall–Kier alpha value is -2.85. The molecule has 2 aliphatic rings. The molecule has 0 aromatic carbocycles. The first-order valence-electron chi connectivity index (χ1n) is 11.1. The highest BCUT2D eigenvalue weighted by molar-refractivity contribution is 7.16. The Kier molecular flexibility index (Phi) is 5.64. The van der Waals surface area contributed by atoms with Crippen molar-refractivity contribution in [2.24, 2.45) is 4.99 Å². The van der Waals surface area contributed by atoms with Gasteiger partial charge in [-0.25, -0.2) is 9.97 Å². The highest BCUT2D eigenvalue weighted by Gasteiger charge is 2.42. The van der Waals surface area contributed by atoms with Crippen LogP contribution < -0.4 is 16.0 Å². The summed E-state index contributed by atoms with van der Waals surface area (Å²) in [7, 11) is 1.77. The second-order valence-electron chi connectivity index (χ2n) is 8.51. The molecule has 0 saturated carbocycles. The number of rotatable bonds is 4. The van der Waals surface area contributed by atoms with Gasteiger partial charge in [0, 0.05) is 49.5 Å². The lowest BCUT2D eigenvalue weighted by molar-refractivity contribution is 0.300. The van der Waals surface area contributed by atoms with Gasteiger partial charge in [0.1, 0.15) is 5.69 Å². The number of aliphatic imine (C=N–C) groups is 1. The largest absolute Gasteiger partial charge is 0.390 e. The van der Waals surface area contributed by atoms with E-state index in [1.165, 1.54) is 10.4 Å². The molecule has 3 aromatic heterocycles. The van der Waals surface area contributed by atoms with Crippen LogP contribution in [0.5, 0.6) is 0 Å². The highest BCUT2D eigenvalue weighted by Crippen LogP contribution is 2.48. The third-order valence-corrected chi connectivity index (χ3v) is 7.42. The smallest absolute Gasteiger partial charge is 0.237 e. The summed E-state index contributed by atoms with van der Waals surface area (Å²) in [5, 5.41) is 8.50. The molecule has 1 aliphatic carbocycles. The highest BCUT2D eigenvalue weighted by atomic mass is 32.1. The van der Waals surface area contributed by atoms with Gasteiger partial charge in [0.15, 0.2) is 0 Å². The third kappa shape index (κ3) is 3.67. The van der Waals surface area contributed by atoms with Gasteiger partial charge in [-0.3, -0.25) is 4.99 Å². The second-order valence-corrected chi connectivity index (χ2v) is 9.64. The topological polar surface area (TPSA) is 118 Å². The van der Waals surface area contributed by atoms with Crippen molar-refractivity contribution in [2.75, 3.05) is 43.9 Å². The van der Waals surface area contributed by atoms with Gasteiger partial charge >= 0.3 is 0 Å². The predicted octanol–water partition coefficient (Wildman–Crippen LogP) is 2.66. The zero-order chi connectivity index (χ0) is 22.1. The molecule has 1 saturated heterocycles. The first-order chi connectivity index (χ1) is 15.6. The molecule has 9 nitrogen and oxygen atoms in total. The molecule has 0 radical (unpaired) electrons. The Bertz CT molecular complexity index is 1130. The van der Waals surface area contributed by atoms with Crippen molar-refractivity contribution in [3.05, 3.63) is 34.2 Å². The van der Waals surface area contributed by atoms with Crippen LogP contribution in [0.2, 0.25) is 0 Å². The summed E-state index contributed by atoms with van der Waals surface area (Å²) in [5.41, 5.74) is 8.75. The van der Waals surface area contributed by atoms with Crippen LogP contribution in [0.1, 0.15) is 48.1 Å². The SMILES string of the molecule is CN=Cc1c(N)sc2c1[C@@](C)(c1nc(-c3ccnc(N4CCCNCC4)n3)no1)CCC2. The molecule has 168 valence electrons. The van der Waals surface area contributed by atoms with Crippen molar-refractivity contribution in [1.29, 1.82) is 0 Å². The predicted molar refractivity (Wildman–Crippen MR) is 127 cm³/mol. The zero-order valence-corrected chi connectivity index (χ0v) is 19.3. The number of hydrogen-bond acceptors (Lipinski definition) is 10. The van der Waals surface area contributed by atoms with Gasteiger partial charge in [-0.2, -0.15) is 4.98 Å². The van der Waals surface area contributed by atoms with Crippen molar-refractivity contribution in [1.82, 2.24) is 25.4 Å². The second kappa shape index (κ2) is 8.59. The number of anilines is 2. The molecule has 1 atom stereocenters. The number of nitrogens with zero attached hydrogens (tertiary/aromatic N) is 6. The van der Waals surface area contributed by atoms with E-state index in [1.807, 2.05) is 12.3 Å². The number of nitrogens with one attached hydrogen (secondary N) is 1. The molecule has 0 spiro atoms. The minimum Gasteiger partial charge on any atom is -0.390 e. The maximum Gasteiger partial charge on any atom is 0.237 e. The van der Waals surface area contributed by atoms with Crippen molar-refractivity contribution in [3.8, 4) is 11.5 Å². The molecule has 3 N–H and O–H groups in total. The molecule has 4 heterocycles. The van der Waals surface area contributed by atoms with Gasteiger partial charge < -0.3 is 20.5 Å². The quantitative estimate of drug-likeness (QED) is 0.580. The van der Waals surface area contributed by atoms with Crippen LogP contribution in [0, 0.1) is 0 Å². The Labute approximate surface area is 191 Å². The standard InChI is InChI=1S/C22H28N8OS/c1-22(7-3-5-16-17(22)14(13-24-2)18(23)32-16)20-28-19(29-31-20)15-6-9-26-21(27-15)30-11-4-8-25-10-12-30/h6,9,13,25H,3-5,7-8,10-12,23H2,1-2H3/t22-/m0/s1. The van der Waals surface area contributed by atoms with Gasteiger partial charge in [0.05, 0.1) is 10.4 Å². The first kappa shape index (κ1) is 21.0. The molecular formula is C22H28N8OS.